The molecule has 3 rings (SSSR count). The SMILES string of the molecule is CC(C)N1CCC(n2ccc3cc([N+](=O)[O-])ccc32)CC1. The molecule has 1 aliphatic rings. The number of hydrogen-bond acceptors (Lipinski definition) is 3. The molecule has 21 heavy (non-hydrogen) atoms. The van der Waals surface area contributed by atoms with Crippen molar-refractivity contribution in [2.24, 2.45) is 0 Å². The normalized spacial score (nSPS) is 17.7. The molecule has 1 aromatic heterocycles. The first-order valence-electron chi connectivity index (χ1n) is 7.55. The number of benzene rings is 1. The summed E-state index contributed by atoms with van der Waals surface area (Å²) in [5.74, 6) is 0. The number of hydrogen-bond donors (Lipinski definition) is 0. The lowest BCUT2D eigenvalue weighted by molar-refractivity contribution is -0.384. The third-order valence-corrected chi connectivity index (χ3v) is 4.54. The molecule has 5 nitrogen and oxygen atoms in total. The van der Waals surface area contributed by atoms with Gasteiger partial charge in [0.1, 0.15) is 0 Å². The van der Waals surface area contributed by atoms with Crippen LogP contribution in [0.1, 0.15) is 32.7 Å². The van der Waals surface area contributed by atoms with Gasteiger partial charge in [-0.25, -0.2) is 0 Å². The molecule has 0 N–H and O–H groups in total. The van der Waals surface area contributed by atoms with Crippen LogP contribution in [0.4, 0.5) is 5.69 Å². The van der Waals surface area contributed by atoms with E-state index in [1.54, 1.807) is 12.1 Å². The van der Waals surface area contributed by atoms with Gasteiger partial charge in [0.15, 0.2) is 0 Å². The summed E-state index contributed by atoms with van der Waals surface area (Å²) < 4.78 is 2.29. The molecule has 0 saturated carbocycles. The van der Waals surface area contributed by atoms with Crippen molar-refractivity contribution in [1.82, 2.24) is 9.47 Å². The lowest BCUT2D eigenvalue weighted by atomic mass is 10.0. The Morgan fingerprint density at radius 1 is 1.24 bits per heavy atom. The number of nitrogens with zero attached hydrogens (tertiary/aromatic N) is 3. The maximum absolute atomic E-state index is 10.8. The van der Waals surface area contributed by atoms with Gasteiger partial charge < -0.3 is 9.47 Å². The molecule has 2 heterocycles. The number of piperidine rings is 1. The lowest BCUT2D eigenvalue weighted by Gasteiger charge is -2.35. The van der Waals surface area contributed by atoms with E-state index in [1.807, 2.05) is 12.1 Å². The van der Waals surface area contributed by atoms with Crippen molar-refractivity contribution in [2.45, 2.75) is 38.8 Å². The van der Waals surface area contributed by atoms with Crippen LogP contribution in [0, 0.1) is 10.1 Å². The highest BCUT2D eigenvalue weighted by molar-refractivity contribution is 5.82. The van der Waals surface area contributed by atoms with Gasteiger partial charge in [0.25, 0.3) is 5.69 Å². The molecule has 0 atom stereocenters. The minimum Gasteiger partial charge on any atom is -0.344 e. The van der Waals surface area contributed by atoms with Crippen molar-refractivity contribution in [3.05, 3.63) is 40.6 Å². The minimum absolute atomic E-state index is 0.162. The van der Waals surface area contributed by atoms with E-state index in [2.05, 4.69) is 29.5 Å². The van der Waals surface area contributed by atoms with Gasteiger partial charge in [0.2, 0.25) is 0 Å². The summed E-state index contributed by atoms with van der Waals surface area (Å²) in [5, 5.41) is 11.8. The number of likely N-dealkylation sites (tertiary alicyclic amines) is 1. The van der Waals surface area contributed by atoms with Crippen LogP contribution in [-0.4, -0.2) is 33.5 Å². The molecular weight excluding hydrogens is 266 g/mol. The second-order valence-corrected chi connectivity index (χ2v) is 6.08. The topological polar surface area (TPSA) is 51.3 Å². The van der Waals surface area contributed by atoms with Crippen molar-refractivity contribution < 1.29 is 4.92 Å². The van der Waals surface area contributed by atoms with Gasteiger partial charge in [0, 0.05) is 54.4 Å². The quantitative estimate of drug-likeness (QED) is 0.640. The Labute approximate surface area is 124 Å². The average Bonchev–Trinajstić information content (AvgIpc) is 2.90. The summed E-state index contributed by atoms with van der Waals surface area (Å²) in [6.45, 7) is 6.72. The second-order valence-electron chi connectivity index (χ2n) is 6.08. The molecule has 1 aromatic carbocycles. The second kappa shape index (κ2) is 5.48. The van der Waals surface area contributed by atoms with Crippen molar-refractivity contribution in [3.8, 4) is 0 Å². The van der Waals surface area contributed by atoms with Gasteiger partial charge in [-0.3, -0.25) is 10.1 Å². The highest BCUT2D eigenvalue weighted by Gasteiger charge is 2.23. The predicted octanol–water partition coefficient (Wildman–Crippen LogP) is 3.59. The fourth-order valence-corrected chi connectivity index (χ4v) is 3.26. The highest BCUT2D eigenvalue weighted by Crippen LogP contribution is 2.30. The Kier molecular flexibility index (Phi) is 3.68. The molecule has 0 aliphatic carbocycles. The maximum Gasteiger partial charge on any atom is 0.270 e. The summed E-state index contributed by atoms with van der Waals surface area (Å²) in [7, 11) is 0. The van der Waals surface area contributed by atoms with E-state index < -0.39 is 0 Å². The van der Waals surface area contributed by atoms with Crippen molar-refractivity contribution in [2.75, 3.05) is 13.1 Å². The average molecular weight is 287 g/mol. The highest BCUT2D eigenvalue weighted by atomic mass is 16.6. The first kappa shape index (κ1) is 14.1. The van der Waals surface area contributed by atoms with E-state index >= 15 is 0 Å². The van der Waals surface area contributed by atoms with E-state index in [0.29, 0.717) is 12.1 Å². The smallest absolute Gasteiger partial charge is 0.270 e. The van der Waals surface area contributed by atoms with Gasteiger partial charge >= 0.3 is 0 Å². The standard InChI is InChI=1S/C16H21N3O2/c1-12(2)17-8-6-14(7-9-17)18-10-5-13-11-15(19(20)21)3-4-16(13)18/h3-5,10-12,14H,6-9H2,1-2H3. The third kappa shape index (κ3) is 2.65. The number of aromatic nitrogens is 1. The van der Waals surface area contributed by atoms with E-state index in [9.17, 15) is 10.1 Å². The number of fused-ring (bicyclic) bond motifs is 1. The molecule has 1 fully saturated rings. The van der Waals surface area contributed by atoms with E-state index in [-0.39, 0.29) is 10.6 Å². The molecule has 0 amide bonds. The monoisotopic (exact) mass is 287 g/mol. The molecule has 1 aliphatic heterocycles. The van der Waals surface area contributed by atoms with Crippen LogP contribution in [0.2, 0.25) is 0 Å². The Morgan fingerprint density at radius 2 is 1.95 bits per heavy atom. The Morgan fingerprint density at radius 3 is 2.57 bits per heavy atom. The van der Waals surface area contributed by atoms with Crippen LogP contribution < -0.4 is 0 Å². The number of nitro groups is 1. The zero-order valence-corrected chi connectivity index (χ0v) is 12.5. The summed E-state index contributed by atoms with van der Waals surface area (Å²) in [6.07, 6.45) is 4.35. The van der Waals surface area contributed by atoms with Crippen molar-refractivity contribution in [3.63, 3.8) is 0 Å². The molecule has 0 radical (unpaired) electrons. The molecule has 0 spiro atoms. The summed E-state index contributed by atoms with van der Waals surface area (Å²) in [5.41, 5.74) is 1.26. The van der Waals surface area contributed by atoms with Gasteiger partial charge in [0.05, 0.1) is 4.92 Å². The van der Waals surface area contributed by atoms with E-state index in [4.69, 9.17) is 0 Å². The summed E-state index contributed by atoms with van der Waals surface area (Å²) in [6, 6.07) is 8.23. The first-order valence-corrected chi connectivity index (χ1v) is 7.55. The molecular formula is C16H21N3O2. The Bertz CT molecular complexity index is 655. The fraction of sp³-hybridized carbons (Fsp3) is 0.500. The minimum atomic E-state index is -0.335. The zero-order chi connectivity index (χ0) is 15.0. The molecule has 2 aromatic rings. The van der Waals surface area contributed by atoms with Crippen molar-refractivity contribution in [1.29, 1.82) is 0 Å². The number of non-ortho nitro benzene ring substituents is 1. The Hall–Kier alpha value is -1.88. The van der Waals surface area contributed by atoms with Crippen molar-refractivity contribution >= 4 is 16.6 Å². The first-order chi connectivity index (χ1) is 10.1. The molecule has 0 bridgehead atoms. The number of rotatable bonds is 3. The van der Waals surface area contributed by atoms with Gasteiger partial charge in [-0.05, 0) is 38.8 Å². The van der Waals surface area contributed by atoms with Gasteiger partial charge in [-0.1, -0.05) is 0 Å². The summed E-state index contributed by atoms with van der Waals surface area (Å²) >= 11 is 0. The van der Waals surface area contributed by atoms with Gasteiger partial charge in [-0.2, -0.15) is 0 Å². The van der Waals surface area contributed by atoms with Crippen LogP contribution in [0.5, 0.6) is 0 Å². The van der Waals surface area contributed by atoms with E-state index in [1.165, 1.54) is 0 Å². The zero-order valence-electron chi connectivity index (χ0n) is 12.5. The molecule has 1 saturated heterocycles. The lowest BCUT2D eigenvalue weighted by Crippen LogP contribution is -2.38. The van der Waals surface area contributed by atoms with Crippen LogP contribution >= 0.6 is 0 Å². The fourth-order valence-electron chi connectivity index (χ4n) is 3.26. The number of nitro benzene ring substituents is 1. The summed E-state index contributed by atoms with van der Waals surface area (Å²) in [4.78, 5) is 13.0. The van der Waals surface area contributed by atoms with Crippen LogP contribution in [-0.2, 0) is 0 Å². The van der Waals surface area contributed by atoms with Gasteiger partial charge in [-0.15, -0.1) is 0 Å². The van der Waals surface area contributed by atoms with Crippen LogP contribution in [0.25, 0.3) is 10.9 Å². The van der Waals surface area contributed by atoms with Crippen LogP contribution in [0.3, 0.4) is 0 Å². The Balaban J connectivity index is 1.84. The predicted molar refractivity (Wildman–Crippen MR) is 83.6 cm³/mol. The van der Waals surface area contributed by atoms with E-state index in [0.717, 1.165) is 36.8 Å². The largest absolute Gasteiger partial charge is 0.344 e. The molecule has 5 heteroatoms. The van der Waals surface area contributed by atoms with Crippen LogP contribution in [0.15, 0.2) is 30.5 Å². The third-order valence-electron chi connectivity index (χ3n) is 4.54. The molecule has 112 valence electrons. The molecule has 0 unspecified atom stereocenters. The maximum atomic E-state index is 10.8.